The van der Waals surface area contributed by atoms with Gasteiger partial charge in [0, 0.05) is 16.0 Å². The molecule has 112 valence electrons. The minimum Gasteiger partial charge on any atom is -0.493 e. The van der Waals surface area contributed by atoms with Crippen LogP contribution in [0, 0.1) is 11.8 Å². The van der Waals surface area contributed by atoms with Crippen molar-refractivity contribution in [3.05, 3.63) is 53.6 Å². The molecule has 4 heteroatoms. The molecule has 3 nitrogen and oxygen atoms in total. The van der Waals surface area contributed by atoms with Gasteiger partial charge in [-0.3, -0.25) is 4.79 Å². The van der Waals surface area contributed by atoms with Crippen LogP contribution in [0.25, 0.3) is 0 Å². The van der Waals surface area contributed by atoms with E-state index in [1.165, 1.54) is 7.11 Å². The van der Waals surface area contributed by atoms with E-state index in [-0.39, 0.29) is 5.78 Å². The number of methoxy groups -OCH3 is 2. The fourth-order valence-corrected chi connectivity index (χ4v) is 2.26. The van der Waals surface area contributed by atoms with Gasteiger partial charge in [0.2, 0.25) is 5.78 Å². The van der Waals surface area contributed by atoms with Gasteiger partial charge in [-0.25, -0.2) is 0 Å². The van der Waals surface area contributed by atoms with Crippen molar-refractivity contribution >= 4 is 17.5 Å². The smallest absolute Gasteiger partial charge is 0.236 e. The van der Waals surface area contributed by atoms with Crippen LogP contribution in [0.1, 0.15) is 15.9 Å². The third-order valence-corrected chi connectivity index (χ3v) is 3.80. The molecule has 0 aliphatic heterocycles. The maximum atomic E-state index is 12.1. The molecule has 0 atom stereocenters. The van der Waals surface area contributed by atoms with Crippen LogP contribution in [0.4, 0.5) is 0 Å². The highest BCUT2D eigenvalue weighted by atomic mass is 32.2. The van der Waals surface area contributed by atoms with E-state index in [2.05, 4.69) is 11.8 Å². The first-order valence-corrected chi connectivity index (χ1v) is 7.83. The summed E-state index contributed by atoms with van der Waals surface area (Å²) >= 11 is 1.67. The summed E-state index contributed by atoms with van der Waals surface area (Å²) in [6, 6.07) is 12.8. The molecule has 0 amide bonds. The minimum atomic E-state index is -0.255. The Kier molecular flexibility index (Phi) is 5.51. The zero-order chi connectivity index (χ0) is 15.9. The van der Waals surface area contributed by atoms with E-state index in [1.807, 2.05) is 30.5 Å². The molecule has 0 N–H and O–H groups in total. The van der Waals surface area contributed by atoms with Crippen molar-refractivity contribution < 1.29 is 14.3 Å². The molecule has 0 fully saturated rings. The second-order valence-electron chi connectivity index (χ2n) is 4.38. The number of thioether (sulfide) groups is 1. The predicted octanol–water partition coefficient (Wildman–Crippen LogP) is 3.66. The van der Waals surface area contributed by atoms with E-state index in [9.17, 15) is 4.79 Å². The number of Topliss-reactive ketones (excluding diaryl/α,β-unsaturated/α-hetero) is 1. The van der Waals surface area contributed by atoms with Gasteiger partial charge in [-0.05, 0) is 54.6 Å². The Morgan fingerprint density at radius 1 is 1.00 bits per heavy atom. The van der Waals surface area contributed by atoms with Crippen LogP contribution >= 0.6 is 11.8 Å². The number of rotatable bonds is 4. The Morgan fingerprint density at radius 2 is 1.68 bits per heavy atom. The first-order valence-electron chi connectivity index (χ1n) is 6.60. The average molecular weight is 312 g/mol. The number of hydrogen-bond donors (Lipinski definition) is 0. The topological polar surface area (TPSA) is 35.5 Å². The Morgan fingerprint density at radius 3 is 2.27 bits per heavy atom. The van der Waals surface area contributed by atoms with Crippen molar-refractivity contribution in [2.24, 2.45) is 0 Å². The van der Waals surface area contributed by atoms with Crippen molar-refractivity contribution in [3.63, 3.8) is 0 Å². The molecule has 0 aliphatic carbocycles. The highest BCUT2D eigenvalue weighted by Crippen LogP contribution is 2.27. The van der Waals surface area contributed by atoms with E-state index in [1.54, 1.807) is 37.1 Å². The monoisotopic (exact) mass is 312 g/mol. The van der Waals surface area contributed by atoms with Gasteiger partial charge in [-0.1, -0.05) is 5.92 Å². The molecule has 0 unspecified atom stereocenters. The number of carbonyl (C=O) groups excluding carboxylic acids is 1. The summed E-state index contributed by atoms with van der Waals surface area (Å²) < 4.78 is 10.3. The lowest BCUT2D eigenvalue weighted by Crippen LogP contribution is -1.98. The molecule has 2 rings (SSSR count). The maximum Gasteiger partial charge on any atom is 0.236 e. The highest BCUT2D eigenvalue weighted by molar-refractivity contribution is 7.98. The van der Waals surface area contributed by atoms with Gasteiger partial charge in [0.25, 0.3) is 0 Å². The number of hydrogen-bond acceptors (Lipinski definition) is 4. The maximum absolute atomic E-state index is 12.1. The lowest BCUT2D eigenvalue weighted by atomic mass is 10.1. The first kappa shape index (κ1) is 16.0. The number of benzene rings is 2. The summed E-state index contributed by atoms with van der Waals surface area (Å²) in [5.41, 5.74) is 1.29. The Balaban J connectivity index is 2.20. The van der Waals surface area contributed by atoms with Crippen LogP contribution < -0.4 is 9.47 Å². The number of ether oxygens (including phenoxy) is 2. The lowest BCUT2D eigenvalue weighted by Gasteiger charge is -2.07. The summed E-state index contributed by atoms with van der Waals surface area (Å²) in [5, 5.41) is 0. The summed E-state index contributed by atoms with van der Waals surface area (Å²) in [6.07, 6.45) is 2.02. The zero-order valence-electron chi connectivity index (χ0n) is 12.7. The van der Waals surface area contributed by atoms with Crippen LogP contribution in [0.5, 0.6) is 11.5 Å². The van der Waals surface area contributed by atoms with Gasteiger partial charge in [-0.15, -0.1) is 11.8 Å². The summed E-state index contributed by atoms with van der Waals surface area (Å²) in [5.74, 6) is 6.37. The molecule has 2 aromatic carbocycles. The molecule has 2 aromatic rings. The number of carbonyl (C=O) groups is 1. The van der Waals surface area contributed by atoms with Gasteiger partial charge in [0.15, 0.2) is 11.5 Å². The van der Waals surface area contributed by atoms with Crippen molar-refractivity contribution in [1.82, 2.24) is 0 Å². The third-order valence-electron chi connectivity index (χ3n) is 3.06. The second kappa shape index (κ2) is 7.58. The van der Waals surface area contributed by atoms with Crippen LogP contribution in [-0.4, -0.2) is 26.3 Å². The summed E-state index contributed by atoms with van der Waals surface area (Å²) in [7, 11) is 3.09. The molecule has 0 bridgehead atoms. The molecule has 0 aliphatic rings. The molecule has 0 saturated heterocycles. The van der Waals surface area contributed by atoms with Gasteiger partial charge < -0.3 is 9.47 Å². The van der Waals surface area contributed by atoms with Crippen molar-refractivity contribution in [3.8, 4) is 23.3 Å². The fraction of sp³-hybridized carbons (Fsp3) is 0.167. The molecular formula is C18H16O3S. The predicted molar refractivity (Wildman–Crippen MR) is 89.0 cm³/mol. The van der Waals surface area contributed by atoms with Crippen LogP contribution in [0.2, 0.25) is 0 Å². The quantitative estimate of drug-likeness (QED) is 0.490. The molecular weight excluding hydrogens is 296 g/mol. The van der Waals surface area contributed by atoms with Crippen molar-refractivity contribution in [1.29, 1.82) is 0 Å². The molecule has 0 aromatic heterocycles. The van der Waals surface area contributed by atoms with E-state index in [0.717, 1.165) is 10.5 Å². The van der Waals surface area contributed by atoms with Crippen LogP contribution in [0.15, 0.2) is 47.4 Å². The van der Waals surface area contributed by atoms with E-state index < -0.39 is 0 Å². The Hall–Kier alpha value is -2.38. The molecule has 22 heavy (non-hydrogen) atoms. The molecule has 0 heterocycles. The standard InChI is InChI=1S/C18H16O3S/c1-20-17-11-7-14(12-18(17)21-2)16(19)10-6-13-4-8-15(22-3)9-5-13/h4-5,7-9,11-12H,1-3H3. The summed E-state index contributed by atoms with van der Waals surface area (Å²) in [6.45, 7) is 0. The van der Waals surface area contributed by atoms with Gasteiger partial charge >= 0.3 is 0 Å². The average Bonchev–Trinajstić information content (AvgIpc) is 2.59. The zero-order valence-corrected chi connectivity index (χ0v) is 13.5. The largest absolute Gasteiger partial charge is 0.493 e. The van der Waals surface area contributed by atoms with Crippen molar-refractivity contribution in [2.45, 2.75) is 4.90 Å². The molecule has 0 spiro atoms. The minimum absolute atomic E-state index is 0.255. The molecule has 0 radical (unpaired) electrons. The Bertz CT molecular complexity index is 724. The lowest BCUT2D eigenvalue weighted by molar-refractivity contribution is 0.105. The van der Waals surface area contributed by atoms with E-state index >= 15 is 0 Å². The van der Waals surface area contributed by atoms with Gasteiger partial charge in [-0.2, -0.15) is 0 Å². The van der Waals surface area contributed by atoms with E-state index in [4.69, 9.17) is 9.47 Å². The SMILES string of the molecule is COc1ccc(C(=O)C#Cc2ccc(SC)cc2)cc1OC. The van der Waals surface area contributed by atoms with Crippen LogP contribution in [0.3, 0.4) is 0 Å². The number of ketones is 1. The summed E-state index contributed by atoms with van der Waals surface area (Å²) in [4.78, 5) is 13.3. The highest BCUT2D eigenvalue weighted by Gasteiger charge is 2.08. The van der Waals surface area contributed by atoms with E-state index in [0.29, 0.717) is 17.1 Å². The fourth-order valence-electron chi connectivity index (χ4n) is 1.85. The van der Waals surface area contributed by atoms with Gasteiger partial charge in [0.05, 0.1) is 14.2 Å². The molecule has 0 saturated carbocycles. The normalized spacial score (nSPS) is 9.59. The van der Waals surface area contributed by atoms with Gasteiger partial charge in [0.1, 0.15) is 0 Å². The first-order chi connectivity index (χ1) is 10.7. The van der Waals surface area contributed by atoms with Crippen molar-refractivity contribution in [2.75, 3.05) is 20.5 Å². The third kappa shape index (κ3) is 3.84. The Labute approximate surface area is 134 Å². The second-order valence-corrected chi connectivity index (χ2v) is 5.26. The van der Waals surface area contributed by atoms with Crippen LogP contribution in [-0.2, 0) is 0 Å².